The fourth-order valence-corrected chi connectivity index (χ4v) is 4.70. The summed E-state index contributed by atoms with van der Waals surface area (Å²) in [7, 11) is 1.61. The highest BCUT2D eigenvalue weighted by Crippen LogP contribution is 2.40. The van der Waals surface area contributed by atoms with Gasteiger partial charge in [0.05, 0.1) is 19.3 Å². The molecular weight excluding hydrogens is 462 g/mol. The summed E-state index contributed by atoms with van der Waals surface area (Å²) in [5.74, 6) is 2.56. The second-order valence-corrected chi connectivity index (χ2v) is 9.25. The zero-order chi connectivity index (χ0) is 24.9. The van der Waals surface area contributed by atoms with E-state index in [0.29, 0.717) is 34.8 Å². The Morgan fingerprint density at radius 3 is 2.69 bits per heavy atom. The smallest absolute Gasteiger partial charge is 0.255 e. The molecule has 2 heterocycles. The molecule has 9 heteroatoms. The number of thioether (sulfide) groups is 1. The number of aryl methyl sites for hydroxylation is 1. The first-order valence-electron chi connectivity index (χ1n) is 11.7. The summed E-state index contributed by atoms with van der Waals surface area (Å²) in [6, 6.07) is 12.9. The lowest BCUT2D eigenvalue weighted by Gasteiger charge is -2.29. The number of carbonyl (C=O) groups is 1. The minimum Gasteiger partial charge on any atom is -0.493 e. The molecule has 1 amide bonds. The zero-order valence-electron chi connectivity index (χ0n) is 20.7. The maximum absolute atomic E-state index is 13.7. The molecule has 0 saturated heterocycles. The minimum atomic E-state index is -0.497. The quantitative estimate of drug-likeness (QED) is 0.385. The number of para-hydroxylation sites is 1. The van der Waals surface area contributed by atoms with Crippen LogP contribution < -0.4 is 20.1 Å². The van der Waals surface area contributed by atoms with Crippen LogP contribution in [0.2, 0.25) is 0 Å². The molecule has 1 aliphatic heterocycles. The number of allylic oxidation sites excluding steroid dienone is 1. The topological polar surface area (TPSA) is 90.3 Å². The van der Waals surface area contributed by atoms with Crippen molar-refractivity contribution in [1.29, 1.82) is 0 Å². The van der Waals surface area contributed by atoms with Gasteiger partial charge in [-0.1, -0.05) is 43.0 Å². The highest BCUT2D eigenvalue weighted by atomic mass is 32.2. The summed E-state index contributed by atoms with van der Waals surface area (Å²) in [5.41, 5.74) is 3.88. The lowest BCUT2D eigenvalue weighted by molar-refractivity contribution is -0.113. The van der Waals surface area contributed by atoms with Crippen LogP contribution in [-0.4, -0.2) is 40.1 Å². The van der Waals surface area contributed by atoms with Gasteiger partial charge in [-0.3, -0.25) is 4.79 Å². The molecule has 184 valence electrons. The monoisotopic (exact) mass is 493 g/mol. The van der Waals surface area contributed by atoms with Crippen LogP contribution in [0, 0.1) is 6.92 Å². The van der Waals surface area contributed by atoms with E-state index in [0.717, 1.165) is 34.7 Å². The van der Waals surface area contributed by atoms with E-state index in [2.05, 4.69) is 22.5 Å². The number of anilines is 2. The van der Waals surface area contributed by atoms with Crippen LogP contribution in [0.4, 0.5) is 11.6 Å². The summed E-state index contributed by atoms with van der Waals surface area (Å²) in [6.07, 6.45) is 1.02. The van der Waals surface area contributed by atoms with E-state index in [4.69, 9.17) is 14.6 Å². The van der Waals surface area contributed by atoms with Crippen LogP contribution in [0.5, 0.6) is 11.5 Å². The average molecular weight is 494 g/mol. The maximum Gasteiger partial charge on any atom is 0.255 e. The summed E-state index contributed by atoms with van der Waals surface area (Å²) in [5, 5.41) is 11.8. The van der Waals surface area contributed by atoms with Gasteiger partial charge in [0.2, 0.25) is 11.1 Å². The second kappa shape index (κ2) is 10.9. The number of hydrogen-bond donors (Lipinski definition) is 2. The van der Waals surface area contributed by atoms with Gasteiger partial charge in [-0.2, -0.15) is 4.98 Å². The van der Waals surface area contributed by atoms with Gasteiger partial charge in [-0.25, -0.2) is 4.68 Å². The Bertz CT molecular complexity index is 1250. The fraction of sp³-hybridized carbons (Fsp3) is 0.346. The third-order valence-corrected chi connectivity index (χ3v) is 6.75. The highest BCUT2D eigenvalue weighted by Gasteiger charge is 2.35. The fourth-order valence-electron chi connectivity index (χ4n) is 4.02. The molecule has 1 unspecified atom stereocenters. The van der Waals surface area contributed by atoms with E-state index in [-0.39, 0.29) is 5.91 Å². The van der Waals surface area contributed by atoms with Crippen molar-refractivity contribution in [3.63, 3.8) is 0 Å². The van der Waals surface area contributed by atoms with Gasteiger partial charge in [0.1, 0.15) is 6.04 Å². The van der Waals surface area contributed by atoms with Crippen molar-refractivity contribution in [2.24, 2.45) is 0 Å². The lowest BCUT2D eigenvalue weighted by atomic mass is 9.94. The van der Waals surface area contributed by atoms with Crippen molar-refractivity contribution in [3.05, 3.63) is 64.9 Å². The van der Waals surface area contributed by atoms with Gasteiger partial charge in [-0.05, 0) is 56.5 Å². The van der Waals surface area contributed by atoms with Crippen LogP contribution in [-0.2, 0) is 4.79 Å². The number of rotatable bonds is 9. The number of hydrogen-bond acceptors (Lipinski definition) is 7. The molecule has 1 aliphatic rings. The van der Waals surface area contributed by atoms with Gasteiger partial charge in [0.25, 0.3) is 5.91 Å². The number of benzene rings is 2. The molecule has 1 aromatic heterocycles. The average Bonchev–Trinajstić information content (AvgIpc) is 3.26. The number of fused-ring (bicyclic) bond motifs is 1. The third kappa shape index (κ3) is 5.14. The van der Waals surface area contributed by atoms with Crippen molar-refractivity contribution < 1.29 is 14.3 Å². The molecule has 35 heavy (non-hydrogen) atoms. The van der Waals surface area contributed by atoms with E-state index in [9.17, 15) is 4.79 Å². The third-order valence-electron chi connectivity index (χ3n) is 5.71. The Kier molecular flexibility index (Phi) is 7.65. The van der Waals surface area contributed by atoms with Crippen LogP contribution in [0.3, 0.4) is 0 Å². The normalized spacial score (nSPS) is 14.8. The van der Waals surface area contributed by atoms with Crippen LogP contribution >= 0.6 is 11.8 Å². The molecular formula is C26H31N5O3S. The first-order chi connectivity index (χ1) is 17.0. The summed E-state index contributed by atoms with van der Waals surface area (Å²) < 4.78 is 13.1. The van der Waals surface area contributed by atoms with E-state index in [1.165, 1.54) is 0 Å². The number of nitrogens with one attached hydrogen (secondary N) is 2. The second-order valence-electron chi connectivity index (χ2n) is 8.19. The molecule has 8 nitrogen and oxygen atoms in total. The van der Waals surface area contributed by atoms with Crippen LogP contribution in [0.15, 0.2) is 58.9 Å². The van der Waals surface area contributed by atoms with Gasteiger partial charge in [-0.15, -0.1) is 5.10 Å². The van der Waals surface area contributed by atoms with E-state index >= 15 is 0 Å². The molecule has 0 radical (unpaired) electrons. The summed E-state index contributed by atoms with van der Waals surface area (Å²) in [4.78, 5) is 18.4. The van der Waals surface area contributed by atoms with Crippen molar-refractivity contribution >= 4 is 29.3 Å². The number of nitrogens with zero attached hydrogens (tertiary/aromatic N) is 3. The van der Waals surface area contributed by atoms with Crippen molar-refractivity contribution in [2.45, 2.75) is 45.3 Å². The minimum absolute atomic E-state index is 0.203. The van der Waals surface area contributed by atoms with Gasteiger partial charge in [0.15, 0.2) is 11.5 Å². The van der Waals surface area contributed by atoms with Crippen molar-refractivity contribution in [3.8, 4) is 11.5 Å². The number of carbonyl (C=O) groups excluding carboxylic acids is 1. The summed E-state index contributed by atoms with van der Waals surface area (Å²) in [6.45, 7) is 8.44. The first kappa shape index (κ1) is 24.7. The van der Waals surface area contributed by atoms with Crippen molar-refractivity contribution in [1.82, 2.24) is 14.8 Å². The molecule has 0 saturated carbocycles. The predicted octanol–water partition coefficient (Wildman–Crippen LogP) is 5.42. The SMILES string of the molecule is CCCSc1nc2n(n1)C(c1ccc(OCC)c(OC)c1)C(C(=O)Nc1ccccc1C)=C(C)N2. The first-order valence-corrected chi connectivity index (χ1v) is 12.7. The predicted molar refractivity (Wildman–Crippen MR) is 139 cm³/mol. The molecule has 3 aromatic rings. The van der Waals surface area contributed by atoms with E-state index < -0.39 is 6.04 Å². The Morgan fingerprint density at radius 2 is 1.97 bits per heavy atom. The largest absolute Gasteiger partial charge is 0.493 e. The Morgan fingerprint density at radius 1 is 1.17 bits per heavy atom. The zero-order valence-corrected chi connectivity index (χ0v) is 21.5. The lowest BCUT2D eigenvalue weighted by Crippen LogP contribution is -2.31. The Labute approximate surface area is 210 Å². The number of aromatic nitrogens is 3. The van der Waals surface area contributed by atoms with Crippen molar-refractivity contribution in [2.75, 3.05) is 30.1 Å². The highest BCUT2D eigenvalue weighted by molar-refractivity contribution is 7.99. The van der Waals surface area contributed by atoms with Gasteiger partial charge in [0, 0.05) is 17.1 Å². The molecule has 0 bridgehead atoms. The van der Waals surface area contributed by atoms with Crippen LogP contribution in [0.1, 0.15) is 44.4 Å². The molecule has 2 aromatic carbocycles. The van der Waals surface area contributed by atoms with Gasteiger partial charge < -0.3 is 20.1 Å². The number of amides is 1. The molecule has 0 spiro atoms. The molecule has 1 atom stereocenters. The van der Waals surface area contributed by atoms with E-state index in [1.54, 1.807) is 23.6 Å². The standard InChI is InChI=1S/C26H31N5O3S/c1-6-14-35-26-29-25-27-17(4)22(24(32)28-19-11-9-8-10-16(19)3)23(31(25)30-26)18-12-13-20(34-7-2)21(15-18)33-5/h8-13,15,23H,6-7,14H2,1-5H3,(H,28,32)(H,27,29,30). The number of methoxy groups -OCH3 is 1. The number of ether oxygens (including phenoxy) is 2. The van der Waals surface area contributed by atoms with Crippen LogP contribution in [0.25, 0.3) is 0 Å². The molecule has 0 aliphatic carbocycles. The van der Waals surface area contributed by atoms with E-state index in [1.807, 2.05) is 63.2 Å². The van der Waals surface area contributed by atoms with Gasteiger partial charge >= 0.3 is 0 Å². The summed E-state index contributed by atoms with van der Waals surface area (Å²) >= 11 is 1.60. The maximum atomic E-state index is 13.7. The Hall–Kier alpha value is -3.46. The Balaban J connectivity index is 1.80. The molecule has 2 N–H and O–H groups in total. The molecule has 4 rings (SSSR count). The molecule has 0 fully saturated rings.